The number of para-hydroxylation sites is 1. The molecule has 0 spiro atoms. The predicted molar refractivity (Wildman–Crippen MR) is 76.5 cm³/mol. The first-order valence-corrected chi connectivity index (χ1v) is 6.62. The summed E-state index contributed by atoms with van der Waals surface area (Å²) in [4.78, 5) is 15.9. The summed E-state index contributed by atoms with van der Waals surface area (Å²) in [6.45, 7) is 2.01. The first kappa shape index (κ1) is 14.3. The summed E-state index contributed by atoms with van der Waals surface area (Å²) in [5, 5.41) is 12.9. The molecule has 0 saturated heterocycles. The second-order valence-corrected chi connectivity index (χ2v) is 4.49. The van der Waals surface area contributed by atoms with Gasteiger partial charge in [-0.25, -0.2) is 0 Å². The van der Waals surface area contributed by atoms with Crippen molar-refractivity contribution in [3.05, 3.63) is 36.5 Å². The number of pyridine rings is 1. The number of nitrogens with one attached hydrogen (secondary N) is 1. The van der Waals surface area contributed by atoms with E-state index in [1.54, 1.807) is 12.3 Å². The highest BCUT2D eigenvalue weighted by molar-refractivity contribution is 5.85. The number of aliphatic hydroxyl groups excluding tert-OH is 1. The number of ether oxygens (including phenoxy) is 1. The molecule has 0 aliphatic rings. The third-order valence-electron chi connectivity index (χ3n) is 2.96. The summed E-state index contributed by atoms with van der Waals surface area (Å²) in [5.41, 5.74) is 0.733. The van der Waals surface area contributed by atoms with E-state index >= 15 is 0 Å². The molecule has 0 saturated carbocycles. The van der Waals surface area contributed by atoms with Crippen LogP contribution < -0.4 is 10.1 Å². The van der Waals surface area contributed by atoms with Gasteiger partial charge in [0, 0.05) is 18.1 Å². The Morgan fingerprint density at radius 3 is 3.00 bits per heavy atom. The molecule has 1 amide bonds. The highest BCUT2D eigenvalue weighted by atomic mass is 16.5. The van der Waals surface area contributed by atoms with E-state index in [1.165, 1.54) is 0 Å². The largest absolute Gasteiger partial charge is 0.481 e. The fourth-order valence-corrected chi connectivity index (χ4v) is 1.76. The molecule has 2 rings (SSSR count). The molecule has 1 heterocycles. The molecule has 0 bridgehead atoms. The van der Waals surface area contributed by atoms with E-state index in [0.29, 0.717) is 12.2 Å². The zero-order valence-corrected chi connectivity index (χ0v) is 11.4. The van der Waals surface area contributed by atoms with Gasteiger partial charge in [0.25, 0.3) is 5.91 Å². The zero-order valence-electron chi connectivity index (χ0n) is 11.4. The Hall–Kier alpha value is -2.14. The molecule has 1 unspecified atom stereocenters. The van der Waals surface area contributed by atoms with Gasteiger partial charge in [0.2, 0.25) is 0 Å². The Bertz CT molecular complexity index is 581. The van der Waals surface area contributed by atoms with Crippen LogP contribution in [0.4, 0.5) is 0 Å². The average Bonchev–Trinajstić information content (AvgIpc) is 2.50. The normalized spacial score (nSPS) is 12.1. The fraction of sp³-hybridized carbons (Fsp3) is 0.333. The van der Waals surface area contributed by atoms with Crippen LogP contribution in [-0.2, 0) is 4.79 Å². The van der Waals surface area contributed by atoms with Crippen molar-refractivity contribution in [3.63, 3.8) is 0 Å². The Balaban J connectivity index is 1.94. The molecule has 1 aromatic heterocycles. The Morgan fingerprint density at radius 1 is 1.40 bits per heavy atom. The Labute approximate surface area is 117 Å². The topological polar surface area (TPSA) is 71.5 Å². The van der Waals surface area contributed by atoms with Gasteiger partial charge in [0.1, 0.15) is 11.3 Å². The van der Waals surface area contributed by atoms with Gasteiger partial charge in [-0.1, -0.05) is 25.1 Å². The molecule has 2 aromatic rings. The lowest BCUT2D eigenvalue weighted by Gasteiger charge is -2.11. The zero-order chi connectivity index (χ0) is 14.4. The average molecular weight is 274 g/mol. The summed E-state index contributed by atoms with van der Waals surface area (Å²) in [6, 6.07) is 9.37. The van der Waals surface area contributed by atoms with Crippen molar-refractivity contribution in [2.24, 2.45) is 0 Å². The molecule has 106 valence electrons. The maximum atomic E-state index is 11.6. The van der Waals surface area contributed by atoms with Crippen LogP contribution in [0.15, 0.2) is 36.5 Å². The molecule has 5 heteroatoms. The number of amides is 1. The van der Waals surface area contributed by atoms with Crippen LogP contribution in [-0.4, -0.2) is 35.3 Å². The van der Waals surface area contributed by atoms with Crippen LogP contribution in [0.5, 0.6) is 5.75 Å². The van der Waals surface area contributed by atoms with Gasteiger partial charge in [-0.05, 0) is 18.6 Å². The number of hydrogen-bond acceptors (Lipinski definition) is 4. The molecule has 0 radical (unpaired) electrons. The van der Waals surface area contributed by atoms with Gasteiger partial charge in [-0.2, -0.15) is 0 Å². The fourth-order valence-electron chi connectivity index (χ4n) is 1.76. The SMILES string of the molecule is CCC(O)CNC(=O)COc1cccc2cccnc12. The lowest BCUT2D eigenvalue weighted by Crippen LogP contribution is -2.35. The van der Waals surface area contributed by atoms with Crippen molar-refractivity contribution >= 4 is 16.8 Å². The van der Waals surface area contributed by atoms with Crippen molar-refractivity contribution in [1.82, 2.24) is 10.3 Å². The van der Waals surface area contributed by atoms with E-state index in [-0.39, 0.29) is 19.1 Å². The third-order valence-corrected chi connectivity index (χ3v) is 2.96. The molecule has 0 aliphatic carbocycles. The van der Waals surface area contributed by atoms with E-state index in [2.05, 4.69) is 10.3 Å². The molecule has 2 N–H and O–H groups in total. The van der Waals surface area contributed by atoms with Crippen LogP contribution in [0.1, 0.15) is 13.3 Å². The number of fused-ring (bicyclic) bond motifs is 1. The minimum absolute atomic E-state index is 0.0911. The van der Waals surface area contributed by atoms with Crippen LogP contribution in [0.2, 0.25) is 0 Å². The lowest BCUT2D eigenvalue weighted by molar-refractivity contribution is -0.123. The molecular formula is C15H18N2O3. The molecule has 0 aliphatic heterocycles. The predicted octanol–water partition coefficient (Wildman–Crippen LogP) is 1.50. The molecule has 20 heavy (non-hydrogen) atoms. The number of benzene rings is 1. The molecule has 1 atom stereocenters. The lowest BCUT2D eigenvalue weighted by atomic mass is 10.2. The Morgan fingerprint density at radius 2 is 2.20 bits per heavy atom. The second-order valence-electron chi connectivity index (χ2n) is 4.49. The number of hydrogen-bond donors (Lipinski definition) is 2. The van der Waals surface area contributed by atoms with Crippen molar-refractivity contribution in [2.75, 3.05) is 13.2 Å². The number of nitrogens with zero attached hydrogens (tertiary/aromatic N) is 1. The van der Waals surface area contributed by atoms with Crippen LogP contribution >= 0.6 is 0 Å². The first-order chi connectivity index (χ1) is 9.70. The van der Waals surface area contributed by atoms with Crippen molar-refractivity contribution in [2.45, 2.75) is 19.4 Å². The molecule has 1 aromatic carbocycles. The van der Waals surface area contributed by atoms with Gasteiger partial charge in [-0.3, -0.25) is 9.78 Å². The van der Waals surface area contributed by atoms with Crippen LogP contribution in [0.3, 0.4) is 0 Å². The number of aromatic nitrogens is 1. The van der Waals surface area contributed by atoms with Gasteiger partial charge >= 0.3 is 0 Å². The minimum Gasteiger partial charge on any atom is -0.481 e. The number of carbonyl (C=O) groups excluding carboxylic acids is 1. The number of aliphatic hydroxyl groups is 1. The minimum atomic E-state index is -0.516. The van der Waals surface area contributed by atoms with Crippen molar-refractivity contribution in [3.8, 4) is 5.75 Å². The summed E-state index contributed by atoms with van der Waals surface area (Å²) in [6.07, 6.45) is 1.78. The second kappa shape index (κ2) is 6.86. The van der Waals surface area contributed by atoms with Crippen LogP contribution in [0.25, 0.3) is 10.9 Å². The smallest absolute Gasteiger partial charge is 0.258 e. The number of rotatable bonds is 6. The molecule has 0 fully saturated rings. The monoisotopic (exact) mass is 274 g/mol. The third kappa shape index (κ3) is 3.68. The standard InChI is InChI=1S/C15H18N2O3/c1-2-12(18)9-17-14(19)10-20-13-7-3-5-11-6-4-8-16-15(11)13/h3-8,12,18H,2,9-10H2,1H3,(H,17,19). The Kier molecular flexibility index (Phi) is 4.90. The van der Waals surface area contributed by atoms with Gasteiger partial charge in [0.15, 0.2) is 6.61 Å². The van der Waals surface area contributed by atoms with Gasteiger partial charge in [0.05, 0.1) is 6.10 Å². The van der Waals surface area contributed by atoms with Crippen molar-refractivity contribution in [1.29, 1.82) is 0 Å². The summed E-state index contributed by atoms with van der Waals surface area (Å²) >= 11 is 0. The van der Waals surface area contributed by atoms with E-state index in [0.717, 1.165) is 10.9 Å². The highest BCUT2D eigenvalue weighted by Crippen LogP contribution is 2.22. The number of carbonyl (C=O) groups is 1. The quantitative estimate of drug-likeness (QED) is 0.837. The highest BCUT2D eigenvalue weighted by Gasteiger charge is 2.08. The van der Waals surface area contributed by atoms with E-state index < -0.39 is 6.10 Å². The van der Waals surface area contributed by atoms with Gasteiger partial charge < -0.3 is 15.2 Å². The van der Waals surface area contributed by atoms with Crippen LogP contribution in [0, 0.1) is 0 Å². The summed E-state index contributed by atoms with van der Waals surface area (Å²) in [5.74, 6) is 0.319. The first-order valence-electron chi connectivity index (χ1n) is 6.62. The van der Waals surface area contributed by atoms with E-state index in [4.69, 9.17) is 4.74 Å². The molecule has 5 nitrogen and oxygen atoms in total. The van der Waals surface area contributed by atoms with E-state index in [1.807, 2.05) is 31.2 Å². The molecular weight excluding hydrogens is 256 g/mol. The summed E-state index contributed by atoms with van der Waals surface area (Å²) in [7, 11) is 0. The maximum absolute atomic E-state index is 11.6. The van der Waals surface area contributed by atoms with Crippen molar-refractivity contribution < 1.29 is 14.6 Å². The van der Waals surface area contributed by atoms with E-state index in [9.17, 15) is 9.90 Å². The van der Waals surface area contributed by atoms with Gasteiger partial charge in [-0.15, -0.1) is 0 Å². The maximum Gasteiger partial charge on any atom is 0.258 e. The summed E-state index contributed by atoms with van der Waals surface area (Å²) < 4.78 is 5.49.